The highest BCUT2D eigenvalue weighted by Gasteiger charge is 2.35. The van der Waals surface area contributed by atoms with Crippen molar-refractivity contribution >= 4 is 5.57 Å². The Morgan fingerprint density at radius 3 is 1.93 bits per heavy atom. The Morgan fingerprint density at radius 2 is 1.35 bits per heavy atom. The van der Waals surface area contributed by atoms with Gasteiger partial charge in [-0.2, -0.15) is 0 Å². The molecule has 2 aromatic heterocycles. The van der Waals surface area contributed by atoms with Gasteiger partial charge in [0.25, 0.3) is 0 Å². The summed E-state index contributed by atoms with van der Waals surface area (Å²) in [6.45, 7) is 6.68. The fraction of sp³-hybridized carbons (Fsp3) is 0.212. The zero-order chi connectivity index (χ0) is 27.1. The van der Waals surface area contributed by atoms with E-state index in [4.69, 9.17) is 13.6 Å². The lowest BCUT2D eigenvalue weighted by molar-refractivity contribution is 0.228. The number of ether oxygens (including phenoxy) is 1. The van der Waals surface area contributed by atoms with Crippen LogP contribution in [0.25, 0.3) is 51.4 Å². The van der Waals surface area contributed by atoms with Gasteiger partial charge < -0.3 is 13.6 Å². The van der Waals surface area contributed by atoms with Crippen LogP contribution in [0.5, 0.6) is 5.75 Å². The minimum absolute atomic E-state index is 0.409. The van der Waals surface area contributed by atoms with E-state index in [2.05, 4.69) is 39.1 Å². The fourth-order valence-electron chi connectivity index (χ4n) is 5.60. The lowest BCUT2D eigenvalue weighted by atomic mass is 9.95. The van der Waals surface area contributed by atoms with Crippen LogP contribution in [-0.2, 0) is 0 Å². The van der Waals surface area contributed by atoms with Crippen LogP contribution < -0.4 is 4.74 Å². The van der Waals surface area contributed by atoms with Gasteiger partial charge in [-0.05, 0) is 91.6 Å². The van der Waals surface area contributed by atoms with Crippen LogP contribution in [-0.4, -0.2) is 27.0 Å². The molecule has 0 spiro atoms. The predicted molar refractivity (Wildman–Crippen MR) is 153 cm³/mol. The summed E-state index contributed by atoms with van der Waals surface area (Å²) in [5.74, 6) is 4.52. The highest BCUT2D eigenvalue weighted by molar-refractivity contribution is 5.68. The maximum atomic E-state index is 6.16. The van der Waals surface area contributed by atoms with Gasteiger partial charge in [0.1, 0.15) is 5.75 Å². The molecule has 0 aliphatic heterocycles. The lowest BCUT2D eigenvalue weighted by Gasteiger charge is -2.18. The number of benzene rings is 3. The Balaban J connectivity index is 1.07. The van der Waals surface area contributed by atoms with Crippen LogP contribution >= 0.6 is 0 Å². The molecule has 3 aromatic carbocycles. The van der Waals surface area contributed by atoms with Crippen molar-refractivity contribution in [1.29, 1.82) is 0 Å². The molecule has 7 nitrogen and oxygen atoms in total. The van der Waals surface area contributed by atoms with Crippen molar-refractivity contribution in [3.63, 3.8) is 0 Å². The quantitative estimate of drug-likeness (QED) is 0.190. The summed E-state index contributed by atoms with van der Waals surface area (Å²) < 4.78 is 18.2. The van der Waals surface area contributed by atoms with E-state index in [1.807, 2.05) is 79.7 Å². The molecule has 0 N–H and O–H groups in total. The molecule has 1 fully saturated rings. The first kappa shape index (κ1) is 24.3. The Labute approximate surface area is 232 Å². The molecular weight excluding hydrogens is 500 g/mol. The summed E-state index contributed by atoms with van der Waals surface area (Å²) in [6, 6.07) is 23.4. The molecule has 1 saturated carbocycles. The van der Waals surface area contributed by atoms with Gasteiger partial charge in [-0.15, -0.1) is 20.4 Å². The van der Waals surface area contributed by atoms with E-state index >= 15 is 0 Å². The first-order valence-corrected chi connectivity index (χ1v) is 13.5. The second-order valence-corrected chi connectivity index (χ2v) is 10.6. The van der Waals surface area contributed by atoms with Gasteiger partial charge in [0.05, 0.1) is 6.61 Å². The molecule has 3 atom stereocenters. The molecule has 198 valence electrons. The van der Waals surface area contributed by atoms with Crippen LogP contribution in [0.3, 0.4) is 0 Å². The van der Waals surface area contributed by atoms with Crippen molar-refractivity contribution in [2.45, 2.75) is 19.8 Å². The van der Waals surface area contributed by atoms with Crippen molar-refractivity contribution < 1.29 is 13.6 Å². The highest BCUT2D eigenvalue weighted by atomic mass is 16.5. The number of hydrogen-bond acceptors (Lipinski definition) is 7. The van der Waals surface area contributed by atoms with Gasteiger partial charge in [-0.25, -0.2) is 0 Å². The predicted octanol–water partition coefficient (Wildman–Crippen LogP) is 7.74. The third-order valence-corrected chi connectivity index (χ3v) is 7.79. The molecule has 7 rings (SSSR count). The SMILES string of the molecule is C=C(C)c1ccc(-c2nnc(-c3cccc(-c4nnc(-c5cccc(OCC6CC7C=CC6C7)c5)o4)c3)o2)cc1. The molecule has 3 unspecified atom stereocenters. The van der Waals surface area contributed by atoms with Crippen molar-refractivity contribution in [3.8, 4) is 51.6 Å². The van der Waals surface area contributed by atoms with E-state index in [0.717, 1.165) is 51.7 Å². The van der Waals surface area contributed by atoms with Crippen LogP contribution in [0.15, 0.2) is 100 Å². The van der Waals surface area contributed by atoms with Crippen LogP contribution in [0.1, 0.15) is 25.3 Å². The Bertz CT molecular complexity index is 1720. The molecule has 2 bridgehead atoms. The fourth-order valence-corrected chi connectivity index (χ4v) is 5.60. The minimum Gasteiger partial charge on any atom is -0.493 e. The molecule has 40 heavy (non-hydrogen) atoms. The maximum absolute atomic E-state index is 6.16. The largest absolute Gasteiger partial charge is 0.493 e. The summed E-state index contributed by atoms with van der Waals surface area (Å²) in [7, 11) is 0. The van der Waals surface area contributed by atoms with Gasteiger partial charge in [0, 0.05) is 22.3 Å². The number of aromatic nitrogens is 4. The maximum Gasteiger partial charge on any atom is 0.248 e. The van der Waals surface area contributed by atoms with Crippen LogP contribution in [0.4, 0.5) is 0 Å². The molecule has 0 amide bonds. The van der Waals surface area contributed by atoms with Gasteiger partial charge in [0.2, 0.25) is 23.6 Å². The normalized spacial score (nSPS) is 19.3. The number of hydrogen-bond donors (Lipinski definition) is 0. The van der Waals surface area contributed by atoms with Crippen LogP contribution in [0, 0.1) is 17.8 Å². The topological polar surface area (TPSA) is 87.1 Å². The first-order valence-electron chi connectivity index (χ1n) is 13.5. The molecule has 0 radical (unpaired) electrons. The average Bonchev–Trinajstić information content (AvgIpc) is 3.81. The Hall–Kier alpha value is -4.78. The van der Waals surface area contributed by atoms with E-state index in [-0.39, 0.29) is 0 Å². The van der Waals surface area contributed by atoms with E-state index in [1.54, 1.807) is 0 Å². The molecule has 7 heteroatoms. The summed E-state index contributed by atoms with van der Waals surface area (Å²) in [6.07, 6.45) is 7.21. The minimum atomic E-state index is 0.409. The first-order chi connectivity index (χ1) is 19.6. The third-order valence-electron chi connectivity index (χ3n) is 7.79. The van der Waals surface area contributed by atoms with Gasteiger partial charge >= 0.3 is 0 Å². The third kappa shape index (κ3) is 4.75. The molecule has 2 heterocycles. The van der Waals surface area contributed by atoms with Crippen molar-refractivity contribution in [1.82, 2.24) is 20.4 Å². The number of nitrogens with zero attached hydrogens (tertiary/aromatic N) is 4. The van der Waals surface area contributed by atoms with E-state index in [1.165, 1.54) is 12.8 Å². The Kier molecular flexibility index (Phi) is 6.11. The average molecular weight is 529 g/mol. The molecule has 0 saturated heterocycles. The summed E-state index contributed by atoms with van der Waals surface area (Å²) >= 11 is 0. The standard InChI is InChI=1S/C33H28N4O3/c1-20(2)22-11-13-23(14-12-22)30-34-35-31(39-30)25-5-3-6-26(17-25)32-36-37-33(40-32)27-7-4-8-29(18-27)38-19-28-16-21-9-10-24(28)15-21/h3-14,17-18,21,24,28H,1,15-16,19H2,2H3. The molecule has 2 aliphatic rings. The number of allylic oxidation sites excluding steroid dienone is 3. The monoisotopic (exact) mass is 528 g/mol. The zero-order valence-corrected chi connectivity index (χ0v) is 22.2. The second kappa shape index (κ2) is 10.1. The summed E-state index contributed by atoms with van der Waals surface area (Å²) in [4.78, 5) is 0. The Morgan fingerprint density at radius 1 is 0.750 bits per heavy atom. The van der Waals surface area contributed by atoms with Gasteiger partial charge in [-0.1, -0.05) is 48.6 Å². The van der Waals surface area contributed by atoms with Crippen molar-refractivity contribution in [2.75, 3.05) is 6.61 Å². The lowest BCUT2D eigenvalue weighted by Crippen LogP contribution is -2.16. The smallest absolute Gasteiger partial charge is 0.248 e. The zero-order valence-electron chi connectivity index (χ0n) is 22.2. The summed E-state index contributed by atoms with van der Waals surface area (Å²) in [5, 5.41) is 17.1. The highest BCUT2D eigenvalue weighted by Crippen LogP contribution is 2.43. The van der Waals surface area contributed by atoms with Crippen molar-refractivity contribution in [3.05, 3.63) is 97.1 Å². The van der Waals surface area contributed by atoms with Gasteiger partial charge in [0.15, 0.2) is 0 Å². The van der Waals surface area contributed by atoms with Gasteiger partial charge in [-0.3, -0.25) is 0 Å². The number of fused-ring (bicyclic) bond motifs is 2. The van der Waals surface area contributed by atoms with E-state index in [9.17, 15) is 0 Å². The molecule has 5 aromatic rings. The second-order valence-electron chi connectivity index (χ2n) is 10.6. The number of rotatable bonds is 8. The molecular formula is C33H28N4O3. The molecule has 2 aliphatic carbocycles. The van der Waals surface area contributed by atoms with E-state index in [0.29, 0.717) is 35.4 Å². The summed E-state index contributed by atoms with van der Waals surface area (Å²) in [5.41, 5.74) is 5.27. The van der Waals surface area contributed by atoms with Crippen LogP contribution in [0.2, 0.25) is 0 Å². The van der Waals surface area contributed by atoms with E-state index < -0.39 is 0 Å². The van der Waals surface area contributed by atoms with Crippen molar-refractivity contribution in [2.24, 2.45) is 17.8 Å².